The zero-order valence-electron chi connectivity index (χ0n) is 21.5. The molecular weight excluding hydrogens is 502 g/mol. The Morgan fingerprint density at radius 3 is 2.74 bits per heavy atom. The second-order valence-electron chi connectivity index (χ2n) is 10.5. The summed E-state index contributed by atoms with van der Waals surface area (Å²) in [5.41, 5.74) is 3.86. The first-order chi connectivity index (χ1) is 18.3. The lowest BCUT2D eigenvalue weighted by Gasteiger charge is -2.21. The van der Waals surface area contributed by atoms with Crippen LogP contribution in [0.3, 0.4) is 0 Å². The zero-order valence-corrected chi connectivity index (χ0v) is 22.2. The van der Waals surface area contributed by atoms with Gasteiger partial charge in [-0.25, -0.2) is 0 Å². The SMILES string of the molecule is COc1cccc2[nH]c(C(=O)CC(CC3CC3)C(=O)NC(C#N)CC3C(=O)Cc4c(Cl)ccc(C)c43)cc12. The van der Waals surface area contributed by atoms with Crippen LogP contribution in [-0.4, -0.2) is 35.6 Å². The zero-order chi connectivity index (χ0) is 27.0. The molecule has 2 N–H and O–H groups in total. The molecule has 1 heterocycles. The summed E-state index contributed by atoms with van der Waals surface area (Å²) in [4.78, 5) is 42.6. The number of benzene rings is 2. The number of hydrogen-bond donors (Lipinski definition) is 2. The van der Waals surface area contributed by atoms with Crippen molar-refractivity contribution in [2.45, 2.75) is 57.4 Å². The topological polar surface area (TPSA) is 112 Å². The number of methoxy groups -OCH3 is 1. The molecule has 3 unspecified atom stereocenters. The van der Waals surface area contributed by atoms with Crippen molar-refractivity contribution in [3.8, 4) is 11.8 Å². The minimum atomic E-state index is -0.852. The van der Waals surface area contributed by atoms with Crippen molar-refractivity contribution in [2.75, 3.05) is 7.11 Å². The monoisotopic (exact) mass is 531 g/mol. The highest BCUT2D eigenvalue weighted by Gasteiger charge is 2.37. The first kappa shape index (κ1) is 26.0. The molecule has 196 valence electrons. The second kappa shape index (κ2) is 10.6. The lowest BCUT2D eigenvalue weighted by atomic mass is 9.89. The van der Waals surface area contributed by atoms with E-state index in [1.165, 1.54) is 0 Å². The molecule has 1 amide bonds. The van der Waals surface area contributed by atoms with Crippen molar-refractivity contribution in [2.24, 2.45) is 11.8 Å². The summed E-state index contributed by atoms with van der Waals surface area (Å²) in [5.74, 6) is -0.441. The predicted octanol–water partition coefficient (Wildman–Crippen LogP) is 5.43. The molecule has 7 nitrogen and oxygen atoms in total. The Balaban J connectivity index is 1.30. The molecule has 0 aliphatic heterocycles. The van der Waals surface area contributed by atoms with Crippen molar-refractivity contribution in [1.29, 1.82) is 5.26 Å². The van der Waals surface area contributed by atoms with Crippen LogP contribution in [0.25, 0.3) is 10.9 Å². The molecule has 1 fully saturated rings. The summed E-state index contributed by atoms with van der Waals surface area (Å²) in [6.07, 6.45) is 3.13. The molecule has 8 heteroatoms. The van der Waals surface area contributed by atoms with Crippen LogP contribution in [0, 0.1) is 30.1 Å². The Labute approximate surface area is 226 Å². The number of Topliss-reactive ketones (excluding diaryl/α,β-unsaturated/α-hetero) is 2. The summed E-state index contributed by atoms with van der Waals surface area (Å²) in [6, 6.07) is 12.3. The van der Waals surface area contributed by atoms with Gasteiger partial charge in [0.1, 0.15) is 17.6 Å². The molecule has 1 aromatic heterocycles. The van der Waals surface area contributed by atoms with Gasteiger partial charge in [0.05, 0.1) is 18.9 Å². The normalized spacial score (nSPS) is 18.1. The van der Waals surface area contributed by atoms with Crippen LogP contribution in [0.15, 0.2) is 36.4 Å². The standard InChI is InChI=1S/C30H30ClN3O4/c1-16-6-9-23(31)20-14-26(35)22(29(16)20)12-19(15-32)33-30(37)18(10-17-7-8-17)11-27(36)25-13-21-24(34-25)4-3-5-28(21)38-2/h3-6,9,13,17-19,22,34H,7-8,10-12,14H2,1-2H3,(H,33,37). The van der Waals surface area contributed by atoms with E-state index in [4.69, 9.17) is 16.3 Å². The van der Waals surface area contributed by atoms with E-state index in [-0.39, 0.29) is 36.7 Å². The number of nitrogens with zero attached hydrogens (tertiary/aromatic N) is 1. The van der Waals surface area contributed by atoms with Gasteiger partial charge < -0.3 is 15.0 Å². The Morgan fingerprint density at radius 1 is 1.24 bits per heavy atom. The first-order valence-corrected chi connectivity index (χ1v) is 13.4. The number of H-pyrrole nitrogens is 1. The molecule has 3 aromatic rings. The summed E-state index contributed by atoms with van der Waals surface area (Å²) < 4.78 is 5.40. The minimum absolute atomic E-state index is 0.00430. The molecule has 0 saturated heterocycles. The van der Waals surface area contributed by atoms with Crippen molar-refractivity contribution in [1.82, 2.24) is 10.3 Å². The van der Waals surface area contributed by atoms with E-state index < -0.39 is 17.9 Å². The molecule has 0 radical (unpaired) electrons. The number of rotatable bonds is 10. The van der Waals surface area contributed by atoms with E-state index in [9.17, 15) is 19.6 Å². The first-order valence-electron chi connectivity index (χ1n) is 13.0. The molecule has 0 spiro atoms. The molecule has 2 aliphatic carbocycles. The van der Waals surface area contributed by atoms with Crippen molar-refractivity contribution < 1.29 is 19.1 Å². The van der Waals surface area contributed by atoms with Gasteiger partial charge in [-0.05, 0) is 66.6 Å². The van der Waals surface area contributed by atoms with Crippen LogP contribution in [0.4, 0.5) is 0 Å². The highest BCUT2D eigenvalue weighted by atomic mass is 35.5. The fourth-order valence-electron chi connectivity index (χ4n) is 5.63. The third-order valence-electron chi connectivity index (χ3n) is 7.81. The number of nitriles is 1. The van der Waals surface area contributed by atoms with E-state index in [0.717, 1.165) is 40.4 Å². The number of amides is 1. The highest BCUT2D eigenvalue weighted by Crippen LogP contribution is 2.40. The Bertz CT molecular complexity index is 1470. The van der Waals surface area contributed by atoms with Gasteiger partial charge in [0.2, 0.25) is 5.91 Å². The van der Waals surface area contributed by atoms with Crippen LogP contribution in [0.5, 0.6) is 5.75 Å². The van der Waals surface area contributed by atoms with Gasteiger partial charge in [-0.3, -0.25) is 14.4 Å². The maximum Gasteiger partial charge on any atom is 0.224 e. The van der Waals surface area contributed by atoms with Crippen LogP contribution in [0.1, 0.15) is 65.2 Å². The van der Waals surface area contributed by atoms with E-state index in [0.29, 0.717) is 28.8 Å². The average Bonchev–Trinajstić information content (AvgIpc) is 3.51. The van der Waals surface area contributed by atoms with Gasteiger partial charge in [-0.2, -0.15) is 5.26 Å². The third kappa shape index (κ3) is 5.19. The number of ketones is 2. The largest absolute Gasteiger partial charge is 0.496 e. The number of aromatic amines is 1. The number of aromatic nitrogens is 1. The van der Waals surface area contributed by atoms with Gasteiger partial charge >= 0.3 is 0 Å². The van der Waals surface area contributed by atoms with Gasteiger partial charge in [-0.1, -0.05) is 36.6 Å². The number of halogens is 1. The van der Waals surface area contributed by atoms with E-state index in [1.807, 2.05) is 31.2 Å². The number of carbonyl (C=O) groups is 3. The van der Waals surface area contributed by atoms with Crippen LogP contribution in [-0.2, 0) is 16.0 Å². The fourth-order valence-corrected chi connectivity index (χ4v) is 5.86. The van der Waals surface area contributed by atoms with Gasteiger partial charge in [0, 0.05) is 40.6 Å². The molecule has 38 heavy (non-hydrogen) atoms. The molecule has 5 rings (SSSR count). The maximum absolute atomic E-state index is 13.4. The van der Waals surface area contributed by atoms with Gasteiger partial charge in [0.25, 0.3) is 0 Å². The summed E-state index contributed by atoms with van der Waals surface area (Å²) >= 11 is 6.34. The number of fused-ring (bicyclic) bond motifs is 2. The van der Waals surface area contributed by atoms with Crippen LogP contribution >= 0.6 is 11.6 Å². The lowest BCUT2D eigenvalue weighted by Crippen LogP contribution is -2.40. The number of ether oxygens (including phenoxy) is 1. The summed E-state index contributed by atoms with van der Waals surface area (Å²) in [6.45, 7) is 1.93. The lowest BCUT2D eigenvalue weighted by molar-refractivity contribution is -0.126. The van der Waals surface area contributed by atoms with Gasteiger partial charge in [-0.15, -0.1) is 0 Å². The number of aryl methyl sites for hydroxylation is 1. The van der Waals surface area contributed by atoms with Crippen molar-refractivity contribution >= 4 is 40.0 Å². The van der Waals surface area contributed by atoms with Gasteiger partial charge in [0.15, 0.2) is 5.78 Å². The Morgan fingerprint density at radius 2 is 2.03 bits per heavy atom. The quantitative estimate of drug-likeness (QED) is 0.338. The molecular formula is C30H30ClN3O4. The Kier molecular flexibility index (Phi) is 7.27. The minimum Gasteiger partial charge on any atom is -0.496 e. The smallest absolute Gasteiger partial charge is 0.224 e. The fraction of sp³-hybridized carbons (Fsp3) is 0.400. The third-order valence-corrected chi connectivity index (χ3v) is 8.17. The van der Waals surface area contributed by atoms with E-state index in [1.54, 1.807) is 19.2 Å². The predicted molar refractivity (Wildman–Crippen MR) is 144 cm³/mol. The van der Waals surface area contributed by atoms with Crippen LogP contribution < -0.4 is 10.1 Å². The summed E-state index contributed by atoms with van der Waals surface area (Å²) in [5, 5.41) is 14.1. The molecule has 0 bridgehead atoms. The molecule has 2 aliphatic rings. The van der Waals surface area contributed by atoms with Crippen LogP contribution in [0.2, 0.25) is 5.02 Å². The van der Waals surface area contributed by atoms with E-state index in [2.05, 4.69) is 16.4 Å². The molecule has 1 saturated carbocycles. The molecule has 3 atom stereocenters. The number of nitrogens with one attached hydrogen (secondary N) is 2. The van der Waals surface area contributed by atoms with Crippen molar-refractivity contribution in [3.63, 3.8) is 0 Å². The second-order valence-corrected chi connectivity index (χ2v) is 10.9. The number of hydrogen-bond acceptors (Lipinski definition) is 5. The number of carbonyl (C=O) groups excluding carboxylic acids is 3. The average molecular weight is 532 g/mol. The highest BCUT2D eigenvalue weighted by molar-refractivity contribution is 6.32. The van der Waals surface area contributed by atoms with Crippen molar-refractivity contribution in [3.05, 3.63) is 63.8 Å². The Hall–Kier alpha value is -3.63. The molecule has 2 aromatic carbocycles. The summed E-state index contributed by atoms with van der Waals surface area (Å²) in [7, 11) is 1.58. The van der Waals surface area contributed by atoms with E-state index >= 15 is 0 Å². The maximum atomic E-state index is 13.4.